The van der Waals surface area contributed by atoms with Crippen molar-refractivity contribution in [1.29, 1.82) is 0 Å². The van der Waals surface area contributed by atoms with E-state index < -0.39 is 0 Å². The lowest BCUT2D eigenvalue weighted by atomic mass is 10.2. The Bertz CT molecular complexity index is 327. The Morgan fingerprint density at radius 1 is 1.38 bits per heavy atom. The molecule has 1 aliphatic rings. The number of hydrogen-bond donors (Lipinski definition) is 0. The molecule has 0 amide bonds. The highest BCUT2D eigenvalue weighted by atomic mass is 16.7. The molecule has 1 aliphatic heterocycles. The molecule has 2 rings (SSSR count). The van der Waals surface area contributed by atoms with E-state index in [2.05, 4.69) is 0 Å². The summed E-state index contributed by atoms with van der Waals surface area (Å²) >= 11 is 0. The van der Waals surface area contributed by atoms with E-state index in [9.17, 15) is 10.1 Å². The molecule has 0 saturated carbocycles. The van der Waals surface area contributed by atoms with E-state index in [-0.39, 0.29) is 10.5 Å². The van der Waals surface area contributed by atoms with E-state index in [1.165, 1.54) is 5.01 Å². The summed E-state index contributed by atoms with van der Waals surface area (Å²) < 4.78 is 0. The van der Waals surface area contributed by atoms with Crippen molar-refractivity contribution in [3.8, 4) is 0 Å². The first-order valence-corrected chi connectivity index (χ1v) is 3.79. The average molecular weight is 182 g/mol. The highest BCUT2D eigenvalue weighted by molar-refractivity contribution is 5.55. The number of rotatable bonds is 1. The summed E-state index contributed by atoms with van der Waals surface area (Å²) in [6.45, 7) is 0.492. The highest BCUT2D eigenvalue weighted by Gasteiger charge is 2.26. The van der Waals surface area contributed by atoms with E-state index in [0.717, 1.165) is 17.7 Å². The van der Waals surface area contributed by atoms with Gasteiger partial charge < -0.3 is 5.48 Å². The Morgan fingerprint density at radius 2 is 2.08 bits per heavy atom. The summed E-state index contributed by atoms with van der Waals surface area (Å²) in [5.74, 6) is 0. The number of anilines is 1. The molecule has 70 valence electrons. The number of para-hydroxylation sites is 1. The van der Waals surface area contributed by atoms with Gasteiger partial charge in [-0.1, -0.05) is 23.2 Å². The largest absolute Gasteiger partial charge is 0.412 e. The van der Waals surface area contributed by atoms with E-state index in [1.807, 2.05) is 18.2 Å². The third-order valence-electron chi connectivity index (χ3n) is 2.06. The Morgan fingerprint density at radius 3 is 2.77 bits per heavy atom. The van der Waals surface area contributed by atoms with Crippen molar-refractivity contribution in [3.05, 3.63) is 39.9 Å². The number of hydrazine groups is 1. The lowest BCUT2D eigenvalue weighted by Gasteiger charge is -2.05. The minimum absolute atomic E-state index is 0. The third kappa shape index (κ3) is 1.46. The zero-order valence-corrected chi connectivity index (χ0v) is 6.93. The summed E-state index contributed by atoms with van der Waals surface area (Å²) in [5.41, 5.74) is 1.80. The van der Waals surface area contributed by atoms with Gasteiger partial charge in [-0.2, -0.15) is 0 Å². The molecule has 0 fully saturated rings. The second-order valence-corrected chi connectivity index (χ2v) is 2.74. The topological polar surface area (TPSA) is 77.9 Å². The maximum Gasteiger partial charge on any atom is 0.165 e. The number of nitrogens with zero attached hydrogens (tertiary/aromatic N) is 2. The lowest BCUT2D eigenvalue weighted by molar-refractivity contribution is -0.493. The van der Waals surface area contributed by atoms with Crippen LogP contribution in [0.1, 0.15) is 5.56 Å². The van der Waals surface area contributed by atoms with Gasteiger partial charge in [-0.3, -0.25) is 0 Å². The zero-order valence-electron chi connectivity index (χ0n) is 6.93. The molecule has 0 spiro atoms. The Labute approximate surface area is 75.0 Å². The normalized spacial score (nSPS) is 13.4. The van der Waals surface area contributed by atoms with Crippen LogP contribution in [-0.2, 0) is 6.42 Å². The van der Waals surface area contributed by atoms with E-state index in [1.54, 1.807) is 6.07 Å². The summed E-state index contributed by atoms with van der Waals surface area (Å²) in [6, 6.07) is 7.44. The minimum Gasteiger partial charge on any atom is -0.412 e. The highest BCUT2D eigenvalue weighted by Crippen LogP contribution is 2.26. The van der Waals surface area contributed by atoms with E-state index >= 15 is 0 Å². The first-order valence-electron chi connectivity index (χ1n) is 3.79. The number of hydrogen-bond acceptors (Lipinski definition) is 2. The molecule has 0 bridgehead atoms. The van der Waals surface area contributed by atoms with Crippen LogP contribution in [0, 0.1) is 10.1 Å². The van der Waals surface area contributed by atoms with Crippen LogP contribution >= 0.6 is 0 Å². The van der Waals surface area contributed by atoms with Gasteiger partial charge in [-0.05, 0) is 18.1 Å². The van der Waals surface area contributed by atoms with Crippen molar-refractivity contribution in [2.45, 2.75) is 6.42 Å². The smallest absolute Gasteiger partial charge is 0.165 e. The molecule has 0 radical (unpaired) electrons. The molecule has 1 heterocycles. The van der Waals surface area contributed by atoms with Gasteiger partial charge >= 0.3 is 0 Å². The zero-order chi connectivity index (χ0) is 8.55. The van der Waals surface area contributed by atoms with Crippen LogP contribution in [0.15, 0.2) is 24.3 Å². The van der Waals surface area contributed by atoms with Gasteiger partial charge in [0.2, 0.25) is 0 Å². The number of benzene rings is 1. The molecule has 0 atom stereocenters. The van der Waals surface area contributed by atoms with Gasteiger partial charge in [0.25, 0.3) is 0 Å². The van der Waals surface area contributed by atoms with Gasteiger partial charge in [0, 0.05) is 0 Å². The third-order valence-corrected chi connectivity index (χ3v) is 2.06. The van der Waals surface area contributed by atoms with Crippen molar-refractivity contribution in [3.63, 3.8) is 0 Å². The number of nitro groups is 1. The summed E-state index contributed by atoms with van der Waals surface area (Å²) in [7, 11) is 0. The fraction of sp³-hybridized carbons (Fsp3) is 0.250. The first-order chi connectivity index (χ1) is 5.79. The Balaban J connectivity index is 0.000000845. The molecule has 0 unspecified atom stereocenters. The maximum atomic E-state index is 10.5. The van der Waals surface area contributed by atoms with Crippen LogP contribution in [0.25, 0.3) is 0 Å². The predicted octanol–water partition coefficient (Wildman–Crippen LogP) is 0.416. The fourth-order valence-electron chi connectivity index (χ4n) is 1.49. The second kappa shape index (κ2) is 3.40. The van der Waals surface area contributed by atoms with Crippen molar-refractivity contribution in [2.75, 3.05) is 11.6 Å². The molecular weight excluding hydrogens is 172 g/mol. The molecule has 0 aliphatic carbocycles. The van der Waals surface area contributed by atoms with Gasteiger partial charge in [0.1, 0.15) is 5.69 Å². The van der Waals surface area contributed by atoms with Crippen molar-refractivity contribution in [1.82, 2.24) is 0 Å². The number of fused-ring (bicyclic) bond motifs is 1. The molecule has 1 aromatic rings. The molecule has 1 aromatic carbocycles. The van der Waals surface area contributed by atoms with Crippen LogP contribution in [0.3, 0.4) is 0 Å². The maximum absolute atomic E-state index is 10.5. The van der Waals surface area contributed by atoms with Crippen molar-refractivity contribution >= 4 is 5.69 Å². The molecule has 5 nitrogen and oxygen atoms in total. The van der Waals surface area contributed by atoms with Crippen molar-refractivity contribution < 1.29 is 10.5 Å². The summed E-state index contributed by atoms with van der Waals surface area (Å²) in [5, 5.41) is 11.3. The molecule has 2 N–H and O–H groups in total. The van der Waals surface area contributed by atoms with Gasteiger partial charge in [-0.15, -0.1) is 0 Å². The average Bonchev–Trinajstić information content (AvgIpc) is 2.47. The summed E-state index contributed by atoms with van der Waals surface area (Å²) in [6.07, 6.45) is 0.775. The van der Waals surface area contributed by atoms with Crippen LogP contribution < -0.4 is 5.01 Å². The van der Waals surface area contributed by atoms with Crippen LogP contribution in [0.5, 0.6) is 0 Å². The molecule has 0 aromatic heterocycles. The predicted molar refractivity (Wildman–Crippen MR) is 48.1 cm³/mol. The van der Waals surface area contributed by atoms with Crippen LogP contribution in [0.4, 0.5) is 5.69 Å². The Hall–Kier alpha value is -1.62. The lowest BCUT2D eigenvalue weighted by Crippen LogP contribution is -2.27. The first kappa shape index (κ1) is 9.47. The molecule has 0 saturated heterocycles. The standard InChI is InChI=1S/C8H8N2O2.H2O/c11-10(12)9-6-5-7-3-1-2-4-8(7)9;/h1-4H,5-6H2;1H2. The SMILES string of the molecule is O.O=[N+]([O-])N1CCc2ccccc21. The van der Waals surface area contributed by atoms with Gasteiger partial charge in [0.05, 0.1) is 6.54 Å². The second-order valence-electron chi connectivity index (χ2n) is 2.74. The van der Waals surface area contributed by atoms with Gasteiger partial charge in [0.15, 0.2) is 5.03 Å². The molecule has 13 heavy (non-hydrogen) atoms. The monoisotopic (exact) mass is 182 g/mol. The van der Waals surface area contributed by atoms with Crippen LogP contribution in [0.2, 0.25) is 0 Å². The van der Waals surface area contributed by atoms with Crippen molar-refractivity contribution in [2.24, 2.45) is 0 Å². The van der Waals surface area contributed by atoms with Gasteiger partial charge in [-0.25, -0.2) is 10.1 Å². The molecular formula is C8H10N2O3. The Kier molecular flexibility index (Phi) is 2.48. The minimum atomic E-state index is -0.355. The molecule has 5 heteroatoms. The van der Waals surface area contributed by atoms with Crippen LogP contribution in [-0.4, -0.2) is 17.1 Å². The fourth-order valence-corrected chi connectivity index (χ4v) is 1.49. The quantitative estimate of drug-likeness (QED) is 0.466. The van der Waals surface area contributed by atoms with E-state index in [4.69, 9.17) is 0 Å². The van der Waals surface area contributed by atoms with E-state index in [0.29, 0.717) is 6.54 Å². The summed E-state index contributed by atoms with van der Waals surface area (Å²) in [4.78, 5) is 10.5.